The van der Waals surface area contributed by atoms with Crippen LogP contribution >= 0.6 is 11.6 Å². The second kappa shape index (κ2) is 4.38. The molecule has 0 unspecified atom stereocenters. The minimum Gasteiger partial charge on any atom is -0.192 e. The normalized spacial score (nSPS) is 9.81. The van der Waals surface area contributed by atoms with Gasteiger partial charge in [-0.15, -0.1) is 0 Å². The van der Waals surface area contributed by atoms with Gasteiger partial charge in [0.25, 0.3) is 0 Å². The topological polar surface area (TPSA) is 23.8 Å². The molecule has 0 amide bonds. The molecular formula is C14H10ClN. The van der Waals surface area contributed by atoms with Gasteiger partial charge in [-0.25, -0.2) is 0 Å². The second-order valence-corrected chi connectivity index (χ2v) is 4.03. The highest BCUT2D eigenvalue weighted by Gasteiger charge is 2.06. The maximum absolute atomic E-state index is 8.86. The summed E-state index contributed by atoms with van der Waals surface area (Å²) in [6.45, 7) is 2.01. The first-order valence-electron chi connectivity index (χ1n) is 4.98. The summed E-state index contributed by atoms with van der Waals surface area (Å²) in [5, 5.41) is 9.58. The van der Waals surface area contributed by atoms with Crippen LogP contribution in [0, 0.1) is 18.3 Å². The number of rotatable bonds is 1. The van der Waals surface area contributed by atoms with Crippen molar-refractivity contribution in [1.29, 1.82) is 5.26 Å². The Balaban J connectivity index is 2.64. The Morgan fingerprint density at radius 3 is 2.56 bits per heavy atom. The van der Waals surface area contributed by atoms with Gasteiger partial charge < -0.3 is 0 Å². The summed E-state index contributed by atoms with van der Waals surface area (Å²) >= 11 is 6.18. The first kappa shape index (κ1) is 10.7. The SMILES string of the molecule is Cc1cccc(Cl)c1-c1cccc(C#N)c1. The van der Waals surface area contributed by atoms with Crippen molar-refractivity contribution in [2.45, 2.75) is 6.92 Å². The van der Waals surface area contributed by atoms with Gasteiger partial charge in [-0.05, 0) is 36.2 Å². The Kier molecular flexibility index (Phi) is 2.94. The van der Waals surface area contributed by atoms with Crippen molar-refractivity contribution in [3.63, 3.8) is 0 Å². The number of hydrogen-bond acceptors (Lipinski definition) is 1. The first-order chi connectivity index (χ1) is 7.72. The smallest absolute Gasteiger partial charge is 0.0991 e. The van der Waals surface area contributed by atoms with E-state index in [9.17, 15) is 0 Å². The molecule has 2 heteroatoms. The van der Waals surface area contributed by atoms with Crippen molar-refractivity contribution >= 4 is 11.6 Å². The molecule has 0 saturated carbocycles. The molecule has 0 heterocycles. The van der Waals surface area contributed by atoms with Crippen LogP contribution in [0.4, 0.5) is 0 Å². The highest BCUT2D eigenvalue weighted by molar-refractivity contribution is 6.33. The molecule has 0 aliphatic rings. The highest BCUT2D eigenvalue weighted by Crippen LogP contribution is 2.31. The molecule has 0 N–H and O–H groups in total. The van der Waals surface area contributed by atoms with Gasteiger partial charge in [-0.1, -0.05) is 35.9 Å². The van der Waals surface area contributed by atoms with Crippen LogP contribution in [0.1, 0.15) is 11.1 Å². The van der Waals surface area contributed by atoms with Gasteiger partial charge in [-0.3, -0.25) is 0 Å². The van der Waals surface area contributed by atoms with E-state index >= 15 is 0 Å². The molecule has 16 heavy (non-hydrogen) atoms. The number of nitrogens with zero attached hydrogens (tertiary/aromatic N) is 1. The van der Waals surface area contributed by atoms with Crippen molar-refractivity contribution < 1.29 is 0 Å². The average Bonchev–Trinajstić information content (AvgIpc) is 2.29. The van der Waals surface area contributed by atoms with Crippen molar-refractivity contribution in [2.75, 3.05) is 0 Å². The largest absolute Gasteiger partial charge is 0.192 e. The van der Waals surface area contributed by atoms with Crippen LogP contribution in [-0.2, 0) is 0 Å². The lowest BCUT2D eigenvalue weighted by Gasteiger charge is -2.08. The number of nitriles is 1. The van der Waals surface area contributed by atoms with Crippen LogP contribution in [0.5, 0.6) is 0 Å². The lowest BCUT2D eigenvalue weighted by molar-refractivity contribution is 1.44. The van der Waals surface area contributed by atoms with E-state index in [1.54, 1.807) is 6.07 Å². The minimum atomic E-state index is 0.650. The van der Waals surface area contributed by atoms with Gasteiger partial charge in [0.2, 0.25) is 0 Å². The van der Waals surface area contributed by atoms with E-state index in [0.717, 1.165) is 21.7 Å². The Bertz CT molecular complexity index is 547. The van der Waals surface area contributed by atoms with Gasteiger partial charge in [-0.2, -0.15) is 5.26 Å². The van der Waals surface area contributed by atoms with Crippen molar-refractivity contribution in [2.24, 2.45) is 0 Å². The third kappa shape index (κ3) is 1.93. The van der Waals surface area contributed by atoms with Gasteiger partial charge >= 0.3 is 0 Å². The molecule has 0 saturated heterocycles. The zero-order valence-electron chi connectivity index (χ0n) is 8.87. The summed E-state index contributed by atoms with van der Waals surface area (Å²) in [4.78, 5) is 0. The fourth-order valence-electron chi connectivity index (χ4n) is 1.74. The summed E-state index contributed by atoms with van der Waals surface area (Å²) < 4.78 is 0. The summed E-state index contributed by atoms with van der Waals surface area (Å²) in [6.07, 6.45) is 0. The van der Waals surface area contributed by atoms with Crippen LogP contribution in [0.15, 0.2) is 42.5 Å². The van der Waals surface area contributed by atoms with E-state index in [1.165, 1.54) is 0 Å². The number of halogens is 1. The Morgan fingerprint density at radius 1 is 1.12 bits per heavy atom. The maximum Gasteiger partial charge on any atom is 0.0991 e. The lowest BCUT2D eigenvalue weighted by atomic mass is 9.99. The molecule has 2 aromatic rings. The molecule has 0 atom stereocenters. The molecule has 1 nitrogen and oxygen atoms in total. The fourth-order valence-corrected chi connectivity index (χ4v) is 2.07. The zero-order valence-corrected chi connectivity index (χ0v) is 9.62. The van der Waals surface area contributed by atoms with E-state index in [2.05, 4.69) is 6.07 Å². The molecule has 2 rings (SSSR count). The molecule has 0 fully saturated rings. The van der Waals surface area contributed by atoms with E-state index in [-0.39, 0.29) is 0 Å². The van der Waals surface area contributed by atoms with Crippen molar-refractivity contribution in [3.05, 3.63) is 58.6 Å². The first-order valence-corrected chi connectivity index (χ1v) is 5.36. The zero-order chi connectivity index (χ0) is 11.5. The molecule has 0 aliphatic heterocycles. The fraction of sp³-hybridized carbons (Fsp3) is 0.0714. The maximum atomic E-state index is 8.86. The van der Waals surface area contributed by atoms with E-state index in [0.29, 0.717) is 5.56 Å². The van der Waals surface area contributed by atoms with Gasteiger partial charge in [0.15, 0.2) is 0 Å². The molecule has 0 aliphatic carbocycles. The van der Waals surface area contributed by atoms with Gasteiger partial charge in [0, 0.05) is 10.6 Å². The van der Waals surface area contributed by atoms with Gasteiger partial charge in [0.05, 0.1) is 11.6 Å². The molecule has 0 radical (unpaired) electrons. The van der Waals surface area contributed by atoms with Crippen LogP contribution in [-0.4, -0.2) is 0 Å². The average molecular weight is 228 g/mol. The minimum absolute atomic E-state index is 0.650. The summed E-state index contributed by atoms with van der Waals surface area (Å²) in [7, 11) is 0. The van der Waals surface area contributed by atoms with Crippen molar-refractivity contribution in [3.8, 4) is 17.2 Å². The quantitative estimate of drug-likeness (QED) is 0.717. The molecule has 0 bridgehead atoms. The number of aryl methyl sites for hydroxylation is 1. The van der Waals surface area contributed by atoms with Gasteiger partial charge in [0.1, 0.15) is 0 Å². The summed E-state index contributed by atoms with van der Waals surface area (Å²) in [5.74, 6) is 0. The van der Waals surface area contributed by atoms with E-state index in [1.807, 2.05) is 43.3 Å². The predicted octanol–water partition coefficient (Wildman–Crippen LogP) is 4.19. The molecule has 78 valence electrons. The van der Waals surface area contributed by atoms with Crippen LogP contribution in [0.3, 0.4) is 0 Å². The number of benzene rings is 2. The standard InChI is InChI=1S/C14H10ClN/c1-10-4-2-7-13(15)14(10)12-6-3-5-11(8-12)9-16/h2-8H,1H3. The third-order valence-corrected chi connectivity index (χ3v) is 2.82. The van der Waals surface area contributed by atoms with Crippen LogP contribution in [0.25, 0.3) is 11.1 Å². The van der Waals surface area contributed by atoms with E-state index < -0.39 is 0 Å². The summed E-state index contributed by atoms with van der Waals surface area (Å²) in [5.41, 5.74) is 3.75. The van der Waals surface area contributed by atoms with E-state index in [4.69, 9.17) is 16.9 Å². The Morgan fingerprint density at radius 2 is 1.88 bits per heavy atom. The predicted molar refractivity (Wildman–Crippen MR) is 66.3 cm³/mol. The third-order valence-electron chi connectivity index (χ3n) is 2.50. The highest BCUT2D eigenvalue weighted by atomic mass is 35.5. The molecule has 0 aromatic heterocycles. The monoisotopic (exact) mass is 227 g/mol. The second-order valence-electron chi connectivity index (χ2n) is 3.62. The van der Waals surface area contributed by atoms with Crippen LogP contribution in [0.2, 0.25) is 5.02 Å². The molecular weight excluding hydrogens is 218 g/mol. The number of hydrogen-bond donors (Lipinski definition) is 0. The van der Waals surface area contributed by atoms with Crippen LogP contribution < -0.4 is 0 Å². The molecule has 0 spiro atoms. The lowest BCUT2D eigenvalue weighted by Crippen LogP contribution is -1.85. The van der Waals surface area contributed by atoms with Crippen molar-refractivity contribution in [1.82, 2.24) is 0 Å². The Hall–Kier alpha value is -1.78. The molecule has 2 aromatic carbocycles. The summed E-state index contributed by atoms with van der Waals surface area (Å²) in [6, 6.07) is 15.4. The Labute approximate surface area is 99.9 Å².